The number of carbonyl (C=O) groups is 2. The summed E-state index contributed by atoms with van der Waals surface area (Å²) < 4.78 is 12.2. The molecule has 5 aromatic rings. The van der Waals surface area contributed by atoms with E-state index in [0.29, 0.717) is 17.2 Å². The van der Waals surface area contributed by atoms with Crippen LogP contribution < -0.4 is 5.32 Å². The van der Waals surface area contributed by atoms with Gasteiger partial charge in [0.15, 0.2) is 5.65 Å². The Bertz CT molecular complexity index is 1640. The van der Waals surface area contributed by atoms with Crippen LogP contribution in [0.4, 0.5) is 10.6 Å². The quantitative estimate of drug-likeness (QED) is 0.265. The van der Waals surface area contributed by atoms with E-state index in [4.69, 9.17) is 14.5 Å². The lowest BCUT2D eigenvalue weighted by atomic mass is 9.93. The van der Waals surface area contributed by atoms with E-state index in [9.17, 15) is 9.59 Å². The number of nitrogens with zero attached hydrogens (tertiary/aromatic N) is 3. The topological polar surface area (TPSA) is 94.8 Å². The number of fused-ring (bicyclic) bond motifs is 1. The van der Waals surface area contributed by atoms with Crippen molar-refractivity contribution in [1.29, 1.82) is 0 Å². The SMILES string of the molecule is COC(=O)C1(c2ccc(-c3ccc(-c4nc5cnccn5c4NC(=O)OCc4ccccc4)cc3)cc2)CC1. The second-order valence-corrected chi connectivity index (χ2v) is 9.53. The molecule has 1 aliphatic rings. The van der Waals surface area contributed by atoms with Gasteiger partial charge in [-0.15, -0.1) is 0 Å². The lowest BCUT2D eigenvalue weighted by Gasteiger charge is -2.13. The number of carbonyl (C=O) groups excluding carboxylic acids is 2. The minimum atomic E-state index is -0.573. The molecule has 2 heterocycles. The normalized spacial score (nSPS) is 13.6. The molecule has 0 bridgehead atoms. The number of anilines is 1. The molecule has 6 rings (SSSR count). The van der Waals surface area contributed by atoms with Crippen LogP contribution in [0.2, 0.25) is 0 Å². The van der Waals surface area contributed by atoms with Crippen molar-refractivity contribution in [2.75, 3.05) is 12.4 Å². The summed E-state index contributed by atoms with van der Waals surface area (Å²) in [5.74, 6) is 0.329. The van der Waals surface area contributed by atoms with Gasteiger partial charge in [0.25, 0.3) is 0 Å². The fourth-order valence-corrected chi connectivity index (χ4v) is 4.82. The molecule has 1 fully saturated rings. The summed E-state index contributed by atoms with van der Waals surface area (Å²) in [7, 11) is 1.44. The second kappa shape index (κ2) is 10.1. The molecule has 0 atom stereocenters. The van der Waals surface area contributed by atoms with E-state index in [0.717, 1.165) is 40.7 Å². The Morgan fingerprint density at radius 2 is 1.59 bits per heavy atom. The number of esters is 1. The summed E-state index contributed by atoms with van der Waals surface area (Å²) in [5, 5.41) is 2.86. The van der Waals surface area contributed by atoms with Crippen LogP contribution in [-0.4, -0.2) is 33.5 Å². The van der Waals surface area contributed by atoms with Crippen molar-refractivity contribution in [3.63, 3.8) is 0 Å². The van der Waals surface area contributed by atoms with Crippen LogP contribution >= 0.6 is 0 Å². The van der Waals surface area contributed by atoms with E-state index in [-0.39, 0.29) is 12.6 Å². The van der Waals surface area contributed by atoms with E-state index in [1.165, 1.54) is 7.11 Å². The molecule has 0 unspecified atom stereocenters. The van der Waals surface area contributed by atoms with Crippen molar-refractivity contribution in [2.45, 2.75) is 24.9 Å². The highest BCUT2D eigenvalue weighted by molar-refractivity contribution is 5.91. The molecule has 2 aromatic heterocycles. The molecular weight excluding hydrogens is 492 g/mol. The third-order valence-electron chi connectivity index (χ3n) is 7.12. The highest BCUT2D eigenvalue weighted by Gasteiger charge is 2.52. The minimum absolute atomic E-state index is 0.161. The standard InChI is InChI=1S/C31H26N4O4/c1-38-29(36)31(15-16-31)25-13-11-23(12-14-25)22-7-9-24(10-8-22)27-28(35-18-17-32-19-26(35)33-27)34-30(37)39-20-21-5-3-2-4-6-21/h2-14,17-19H,15-16,20H2,1H3,(H,34,37). The molecule has 0 saturated heterocycles. The van der Waals surface area contributed by atoms with E-state index in [2.05, 4.69) is 10.3 Å². The number of hydrogen-bond acceptors (Lipinski definition) is 6. The molecule has 1 saturated carbocycles. The van der Waals surface area contributed by atoms with E-state index in [1.54, 1.807) is 23.0 Å². The fraction of sp³-hybridized carbons (Fsp3) is 0.161. The molecule has 0 spiro atoms. The van der Waals surface area contributed by atoms with Gasteiger partial charge in [-0.3, -0.25) is 19.5 Å². The Labute approximate surface area is 225 Å². The lowest BCUT2D eigenvalue weighted by Crippen LogP contribution is -2.21. The van der Waals surface area contributed by atoms with Gasteiger partial charge in [-0.05, 0) is 35.1 Å². The minimum Gasteiger partial charge on any atom is -0.468 e. The number of nitrogens with one attached hydrogen (secondary N) is 1. The van der Waals surface area contributed by atoms with Gasteiger partial charge >= 0.3 is 12.1 Å². The monoisotopic (exact) mass is 518 g/mol. The number of methoxy groups -OCH3 is 1. The third-order valence-corrected chi connectivity index (χ3v) is 7.12. The largest absolute Gasteiger partial charge is 0.468 e. The van der Waals surface area contributed by atoms with Gasteiger partial charge in [-0.1, -0.05) is 78.9 Å². The molecule has 0 radical (unpaired) electrons. The number of amides is 1. The van der Waals surface area contributed by atoms with Crippen LogP contribution in [0.1, 0.15) is 24.0 Å². The number of imidazole rings is 1. The number of benzene rings is 3. The first-order valence-electron chi connectivity index (χ1n) is 12.7. The van der Waals surface area contributed by atoms with Gasteiger partial charge in [0.2, 0.25) is 0 Å². The molecule has 1 N–H and O–H groups in total. The zero-order chi connectivity index (χ0) is 26.8. The fourth-order valence-electron chi connectivity index (χ4n) is 4.82. The maximum atomic E-state index is 12.7. The Morgan fingerprint density at radius 1 is 0.923 bits per heavy atom. The maximum Gasteiger partial charge on any atom is 0.413 e. The van der Waals surface area contributed by atoms with Crippen molar-refractivity contribution >= 4 is 23.5 Å². The smallest absolute Gasteiger partial charge is 0.413 e. The molecule has 8 nitrogen and oxygen atoms in total. The zero-order valence-electron chi connectivity index (χ0n) is 21.3. The predicted octanol–water partition coefficient (Wildman–Crippen LogP) is 6.02. The van der Waals surface area contributed by atoms with E-state index in [1.807, 2.05) is 78.9 Å². The number of rotatable bonds is 7. The van der Waals surface area contributed by atoms with Crippen LogP contribution in [0.25, 0.3) is 28.0 Å². The Kier molecular flexibility index (Phi) is 6.28. The Morgan fingerprint density at radius 3 is 2.26 bits per heavy atom. The average Bonchev–Trinajstić information content (AvgIpc) is 3.73. The zero-order valence-corrected chi connectivity index (χ0v) is 21.3. The molecule has 3 aromatic carbocycles. The number of ether oxygens (including phenoxy) is 2. The van der Waals surface area contributed by atoms with Crippen molar-refractivity contribution < 1.29 is 19.1 Å². The summed E-state index contributed by atoms with van der Waals surface area (Å²) in [5.41, 5.74) is 5.50. The average molecular weight is 519 g/mol. The van der Waals surface area contributed by atoms with Gasteiger partial charge in [-0.2, -0.15) is 0 Å². The van der Waals surface area contributed by atoms with Crippen LogP contribution in [0.15, 0.2) is 97.5 Å². The summed E-state index contributed by atoms with van der Waals surface area (Å²) in [6.45, 7) is 0.161. The van der Waals surface area contributed by atoms with Crippen molar-refractivity contribution in [2.24, 2.45) is 0 Å². The van der Waals surface area contributed by atoms with Crippen LogP contribution in [0.5, 0.6) is 0 Å². The number of aromatic nitrogens is 3. The Hall–Kier alpha value is -4.98. The third kappa shape index (κ3) is 4.72. The molecule has 8 heteroatoms. The molecular formula is C31H26N4O4. The lowest BCUT2D eigenvalue weighted by molar-refractivity contribution is -0.143. The van der Waals surface area contributed by atoms with Gasteiger partial charge in [0, 0.05) is 18.0 Å². The highest BCUT2D eigenvalue weighted by atomic mass is 16.5. The van der Waals surface area contributed by atoms with Gasteiger partial charge in [-0.25, -0.2) is 9.78 Å². The summed E-state index contributed by atoms with van der Waals surface area (Å²) in [4.78, 5) is 33.8. The van der Waals surface area contributed by atoms with E-state index < -0.39 is 11.5 Å². The molecule has 194 valence electrons. The van der Waals surface area contributed by atoms with Crippen LogP contribution in [0.3, 0.4) is 0 Å². The molecule has 39 heavy (non-hydrogen) atoms. The van der Waals surface area contributed by atoms with Crippen LogP contribution in [-0.2, 0) is 26.3 Å². The maximum absolute atomic E-state index is 12.7. The van der Waals surface area contributed by atoms with Gasteiger partial charge in [0.1, 0.15) is 18.1 Å². The summed E-state index contributed by atoms with van der Waals surface area (Å²) in [6, 6.07) is 25.5. The summed E-state index contributed by atoms with van der Waals surface area (Å²) >= 11 is 0. The molecule has 0 aliphatic heterocycles. The van der Waals surface area contributed by atoms with Crippen molar-refractivity contribution in [3.05, 3.63) is 109 Å². The highest BCUT2D eigenvalue weighted by Crippen LogP contribution is 2.49. The van der Waals surface area contributed by atoms with Gasteiger partial charge < -0.3 is 9.47 Å². The first kappa shape index (κ1) is 24.4. The second-order valence-electron chi connectivity index (χ2n) is 9.53. The molecule has 1 amide bonds. The van der Waals surface area contributed by atoms with E-state index >= 15 is 0 Å². The molecule has 1 aliphatic carbocycles. The predicted molar refractivity (Wildman–Crippen MR) is 147 cm³/mol. The number of hydrogen-bond donors (Lipinski definition) is 1. The van der Waals surface area contributed by atoms with Crippen molar-refractivity contribution in [1.82, 2.24) is 14.4 Å². The Balaban J connectivity index is 1.24. The summed E-state index contributed by atoms with van der Waals surface area (Å²) in [6.07, 6.45) is 6.08. The first-order chi connectivity index (χ1) is 19.1. The first-order valence-corrected chi connectivity index (χ1v) is 12.7. The van der Waals surface area contributed by atoms with Crippen molar-refractivity contribution in [3.8, 4) is 22.4 Å². The van der Waals surface area contributed by atoms with Gasteiger partial charge in [0.05, 0.1) is 18.7 Å². The van der Waals surface area contributed by atoms with Crippen LogP contribution in [0, 0.1) is 0 Å².